The van der Waals surface area contributed by atoms with E-state index in [1.165, 1.54) is 0 Å². The van der Waals surface area contributed by atoms with Gasteiger partial charge in [0.05, 0.1) is 29.2 Å². The van der Waals surface area contributed by atoms with Crippen molar-refractivity contribution in [3.05, 3.63) is 92.6 Å². The maximum atomic E-state index is 12.8. The van der Waals surface area contributed by atoms with Gasteiger partial charge in [0.15, 0.2) is 0 Å². The second kappa shape index (κ2) is 11.7. The summed E-state index contributed by atoms with van der Waals surface area (Å²) in [6.07, 6.45) is 2.37. The van der Waals surface area contributed by atoms with Gasteiger partial charge < -0.3 is 14.7 Å². The van der Waals surface area contributed by atoms with Crippen LogP contribution in [0.1, 0.15) is 40.0 Å². The molecular formula is C33H31N5O2S2. The highest BCUT2D eigenvalue weighted by Crippen LogP contribution is 2.39. The van der Waals surface area contributed by atoms with Gasteiger partial charge >= 0.3 is 0 Å². The zero-order valence-corrected chi connectivity index (χ0v) is 25.0. The monoisotopic (exact) mass is 593 g/mol. The predicted octanol–water partition coefficient (Wildman–Crippen LogP) is 6.80. The Bertz CT molecular complexity index is 1730. The molecule has 42 heavy (non-hydrogen) atoms. The minimum atomic E-state index is 0.221. The molecule has 5 heterocycles. The van der Waals surface area contributed by atoms with Crippen molar-refractivity contribution in [3.63, 3.8) is 0 Å². The van der Waals surface area contributed by atoms with Crippen LogP contribution in [0.15, 0.2) is 80.9 Å². The Kier molecular flexibility index (Phi) is 7.44. The van der Waals surface area contributed by atoms with Crippen molar-refractivity contribution in [1.29, 1.82) is 0 Å². The number of thiophene rings is 1. The van der Waals surface area contributed by atoms with E-state index in [9.17, 15) is 4.79 Å². The van der Waals surface area contributed by atoms with E-state index < -0.39 is 0 Å². The molecule has 0 spiro atoms. The Morgan fingerprint density at radius 3 is 2.57 bits per heavy atom. The number of piperidine rings is 1. The number of likely N-dealkylation sites (tertiary alicyclic amines) is 1. The Morgan fingerprint density at radius 2 is 1.81 bits per heavy atom. The van der Waals surface area contributed by atoms with Crippen molar-refractivity contribution in [1.82, 2.24) is 20.4 Å². The maximum Gasteiger partial charge on any atom is 0.227 e. The van der Waals surface area contributed by atoms with Crippen LogP contribution in [0.4, 0.5) is 0 Å². The Morgan fingerprint density at radius 1 is 1.00 bits per heavy atom. The number of amides is 1. The summed E-state index contributed by atoms with van der Waals surface area (Å²) in [5.74, 6) is 2.30. The number of aromatic nitrogens is 2. The molecule has 9 heteroatoms. The molecular weight excluding hydrogens is 563 g/mol. The molecule has 1 saturated heterocycles. The van der Waals surface area contributed by atoms with Gasteiger partial charge in [0.25, 0.3) is 0 Å². The zero-order chi connectivity index (χ0) is 28.5. The van der Waals surface area contributed by atoms with Gasteiger partial charge in [0.1, 0.15) is 17.3 Å². The number of hydrogen-bond donors (Lipinski definition) is 1. The lowest BCUT2D eigenvalue weighted by Gasteiger charge is -2.31. The van der Waals surface area contributed by atoms with Gasteiger partial charge in [-0.15, -0.1) is 22.7 Å². The number of nitrogens with one attached hydrogen (secondary N) is 1. The molecule has 7 rings (SSSR count). The van der Waals surface area contributed by atoms with Crippen LogP contribution in [-0.4, -0.2) is 53.0 Å². The summed E-state index contributed by atoms with van der Waals surface area (Å²) in [7, 11) is 0. The minimum absolute atomic E-state index is 0.221. The number of carbonyl (C=O) groups excluding carboxylic acids is 1. The number of rotatable bonds is 7. The first-order valence-corrected chi connectivity index (χ1v) is 16.1. The predicted molar refractivity (Wildman–Crippen MR) is 169 cm³/mol. The lowest BCUT2D eigenvalue weighted by atomic mass is 9.97. The quantitative estimate of drug-likeness (QED) is 0.224. The molecule has 1 fully saturated rings. The molecule has 2 aliphatic heterocycles. The van der Waals surface area contributed by atoms with E-state index in [1.54, 1.807) is 22.7 Å². The molecule has 0 bridgehead atoms. The fraction of sp³-hybridized carbons (Fsp3) is 0.273. The van der Waals surface area contributed by atoms with E-state index >= 15 is 0 Å². The van der Waals surface area contributed by atoms with Crippen molar-refractivity contribution in [2.45, 2.75) is 32.1 Å². The number of thiazole rings is 1. The van der Waals surface area contributed by atoms with Crippen molar-refractivity contribution in [2.24, 2.45) is 4.99 Å². The minimum Gasteiger partial charge on any atom is -0.368 e. The molecule has 3 aromatic heterocycles. The summed E-state index contributed by atoms with van der Waals surface area (Å²) < 4.78 is 5.71. The van der Waals surface area contributed by atoms with Gasteiger partial charge in [-0.25, -0.2) is 4.98 Å². The van der Waals surface area contributed by atoms with E-state index in [0.29, 0.717) is 12.3 Å². The van der Waals surface area contributed by atoms with E-state index in [4.69, 9.17) is 9.51 Å². The second-order valence-electron chi connectivity index (χ2n) is 10.8. The van der Waals surface area contributed by atoms with Gasteiger partial charge in [0.2, 0.25) is 5.91 Å². The number of aryl methyl sites for hydroxylation is 1. The molecule has 1 N–H and O–H groups in total. The lowest BCUT2D eigenvalue weighted by Crippen LogP contribution is -2.38. The average Bonchev–Trinajstić information content (AvgIpc) is 3.86. The second-order valence-corrected chi connectivity index (χ2v) is 12.7. The van der Waals surface area contributed by atoms with Crippen LogP contribution in [0.2, 0.25) is 0 Å². The summed E-state index contributed by atoms with van der Waals surface area (Å²) in [5.41, 5.74) is 7.01. The van der Waals surface area contributed by atoms with Gasteiger partial charge in [-0.1, -0.05) is 53.7 Å². The molecule has 0 aliphatic carbocycles. The number of benzene rings is 2. The van der Waals surface area contributed by atoms with Gasteiger partial charge in [-0.05, 0) is 48.4 Å². The normalized spacial score (nSPS) is 15.5. The summed E-state index contributed by atoms with van der Waals surface area (Å²) in [6.45, 7) is 5.23. The first kappa shape index (κ1) is 26.8. The van der Waals surface area contributed by atoms with Crippen molar-refractivity contribution < 1.29 is 9.32 Å². The van der Waals surface area contributed by atoms with Crippen LogP contribution in [-0.2, 0) is 11.2 Å². The third kappa shape index (κ3) is 5.42. The molecule has 5 aromatic rings. The molecule has 2 aromatic carbocycles. The summed E-state index contributed by atoms with van der Waals surface area (Å²) in [6, 6.07) is 21.0. The van der Waals surface area contributed by atoms with Crippen LogP contribution in [0.5, 0.6) is 0 Å². The highest BCUT2D eigenvalue weighted by atomic mass is 32.1. The fourth-order valence-electron chi connectivity index (χ4n) is 5.77. The highest BCUT2D eigenvalue weighted by Gasteiger charge is 2.27. The lowest BCUT2D eigenvalue weighted by molar-refractivity contribution is -0.131. The fourth-order valence-corrected chi connectivity index (χ4v) is 7.45. The molecule has 0 radical (unpaired) electrons. The third-order valence-electron chi connectivity index (χ3n) is 8.05. The number of carbonyl (C=O) groups is 1. The average molecular weight is 594 g/mol. The van der Waals surface area contributed by atoms with Crippen molar-refractivity contribution >= 4 is 34.4 Å². The summed E-state index contributed by atoms with van der Waals surface area (Å²) in [4.78, 5) is 25.5. The van der Waals surface area contributed by atoms with Crippen molar-refractivity contribution in [3.8, 4) is 33.6 Å². The highest BCUT2D eigenvalue weighted by molar-refractivity contribution is 7.10. The first-order chi connectivity index (χ1) is 20.6. The number of hydrogen-bond acceptors (Lipinski definition) is 8. The zero-order valence-electron chi connectivity index (χ0n) is 23.4. The van der Waals surface area contributed by atoms with E-state index in [-0.39, 0.29) is 5.91 Å². The molecule has 0 unspecified atom stereocenters. The SMILES string of the molecule is Cc1onc(-c2cccc(-c3ccc(C4=NCCN4)cc3)c2)c1-c1csc(C2CCN(C(=O)Cc3cccs3)CC2)n1. The smallest absolute Gasteiger partial charge is 0.227 e. The van der Waals surface area contributed by atoms with Crippen LogP contribution >= 0.6 is 22.7 Å². The van der Waals surface area contributed by atoms with Crippen LogP contribution in [0, 0.1) is 6.92 Å². The Balaban J connectivity index is 1.07. The summed E-state index contributed by atoms with van der Waals surface area (Å²) in [5, 5.41) is 13.1. The largest absolute Gasteiger partial charge is 0.368 e. The molecule has 212 valence electrons. The standard InChI is InChI=1S/C33H31N5O2S2/c1-21-30(28-20-42-33(36-28)24-11-15-38(16-12-24)29(39)19-27-6-3-17-41-27)31(37-40-21)26-5-2-4-25(18-26)22-7-9-23(10-8-22)32-34-13-14-35-32/h2-10,17-18,20,24H,11-16,19H2,1H3,(H,34,35). The topological polar surface area (TPSA) is 83.6 Å². The van der Waals surface area contributed by atoms with E-state index in [1.807, 2.05) is 29.3 Å². The number of nitrogens with zero attached hydrogens (tertiary/aromatic N) is 4. The molecule has 0 atom stereocenters. The third-order valence-corrected chi connectivity index (χ3v) is 9.93. The van der Waals surface area contributed by atoms with Crippen molar-refractivity contribution in [2.75, 3.05) is 26.2 Å². The number of amidine groups is 1. The molecule has 2 aliphatic rings. The summed E-state index contributed by atoms with van der Waals surface area (Å²) >= 11 is 3.34. The molecule has 0 saturated carbocycles. The van der Waals surface area contributed by atoms with Crippen LogP contribution in [0.3, 0.4) is 0 Å². The van der Waals surface area contributed by atoms with Gasteiger partial charge in [0, 0.05) is 46.9 Å². The van der Waals surface area contributed by atoms with E-state index in [2.05, 4.69) is 69.4 Å². The van der Waals surface area contributed by atoms with Gasteiger partial charge in [-0.3, -0.25) is 9.79 Å². The van der Waals surface area contributed by atoms with E-state index in [0.717, 1.165) is 99.7 Å². The Labute approximate surface area is 252 Å². The molecule has 7 nitrogen and oxygen atoms in total. The van der Waals surface area contributed by atoms with Crippen LogP contribution < -0.4 is 5.32 Å². The first-order valence-electron chi connectivity index (χ1n) is 14.3. The Hall–Kier alpha value is -4.08. The number of aliphatic imine (C=N–C) groups is 1. The van der Waals surface area contributed by atoms with Gasteiger partial charge in [-0.2, -0.15) is 0 Å². The maximum absolute atomic E-state index is 12.8. The molecule has 1 amide bonds. The van der Waals surface area contributed by atoms with Crippen LogP contribution in [0.25, 0.3) is 33.6 Å².